The number of phenols is 1. The molecule has 2 aromatic rings. The molecule has 0 bridgehead atoms. The molecular formula is C23H25NO7. The van der Waals surface area contributed by atoms with E-state index in [1.165, 1.54) is 17.0 Å². The van der Waals surface area contributed by atoms with E-state index in [1.54, 1.807) is 36.4 Å². The first-order chi connectivity index (χ1) is 15.0. The number of hydrogen-bond acceptors (Lipinski definition) is 7. The average molecular weight is 427 g/mol. The van der Waals surface area contributed by atoms with Crippen LogP contribution in [-0.2, 0) is 14.3 Å². The second-order valence-electron chi connectivity index (χ2n) is 6.88. The topological polar surface area (TPSA) is 117 Å². The second-order valence-corrected chi connectivity index (χ2v) is 6.88. The van der Waals surface area contributed by atoms with Crippen LogP contribution < -0.4 is 4.74 Å². The molecule has 1 amide bonds. The summed E-state index contributed by atoms with van der Waals surface area (Å²) in [6, 6.07) is 11.9. The van der Waals surface area contributed by atoms with Gasteiger partial charge in [-0.3, -0.25) is 9.59 Å². The molecule has 0 aliphatic carbocycles. The molecule has 8 nitrogen and oxygen atoms in total. The summed E-state index contributed by atoms with van der Waals surface area (Å²) in [5.74, 6) is -1.31. The summed E-state index contributed by atoms with van der Waals surface area (Å²) in [5.41, 5.74) is 0.777. The lowest BCUT2D eigenvalue weighted by molar-refractivity contribution is -0.140. The van der Waals surface area contributed by atoms with Gasteiger partial charge in [0.1, 0.15) is 17.3 Å². The van der Waals surface area contributed by atoms with Crippen molar-refractivity contribution in [3.63, 3.8) is 0 Å². The minimum atomic E-state index is -0.892. The number of Topliss-reactive ketones (excluding diaryl/α,β-unsaturated/α-hetero) is 1. The van der Waals surface area contributed by atoms with Gasteiger partial charge in [0.25, 0.3) is 11.7 Å². The number of amides is 1. The van der Waals surface area contributed by atoms with Crippen molar-refractivity contribution in [1.29, 1.82) is 0 Å². The zero-order valence-corrected chi connectivity index (χ0v) is 17.2. The van der Waals surface area contributed by atoms with Crippen molar-refractivity contribution in [2.24, 2.45) is 0 Å². The Hall–Kier alpha value is -3.36. The third kappa shape index (κ3) is 4.87. The molecule has 0 unspecified atom stereocenters. The van der Waals surface area contributed by atoms with Gasteiger partial charge in [0.15, 0.2) is 0 Å². The van der Waals surface area contributed by atoms with E-state index in [1.807, 2.05) is 6.92 Å². The molecule has 1 saturated heterocycles. The third-order valence-corrected chi connectivity index (χ3v) is 4.88. The predicted octanol–water partition coefficient (Wildman–Crippen LogP) is 2.22. The molecule has 1 atom stereocenters. The van der Waals surface area contributed by atoms with Crippen molar-refractivity contribution in [3.05, 3.63) is 65.2 Å². The summed E-state index contributed by atoms with van der Waals surface area (Å²) >= 11 is 0. The zero-order chi connectivity index (χ0) is 22.4. The Morgan fingerprint density at radius 1 is 1.10 bits per heavy atom. The van der Waals surface area contributed by atoms with Gasteiger partial charge in [0.05, 0.1) is 38.0 Å². The summed E-state index contributed by atoms with van der Waals surface area (Å²) in [4.78, 5) is 26.9. The Labute approximate surface area is 180 Å². The SMILES string of the molecule is CCOc1ccc(C(O)=C2C(=O)C(=O)N(CCOCCO)[C@@H]2c2cccc(O)c2)cc1. The number of carbonyl (C=O) groups is 2. The fourth-order valence-electron chi connectivity index (χ4n) is 3.51. The average Bonchev–Trinajstić information content (AvgIpc) is 3.02. The summed E-state index contributed by atoms with van der Waals surface area (Å²) < 4.78 is 10.7. The van der Waals surface area contributed by atoms with Crippen LogP contribution in [0.2, 0.25) is 0 Å². The molecule has 0 aromatic heterocycles. The van der Waals surface area contributed by atoms with E-state index >= 15 is 0 Å². The monoisotopic (exact) mass is 427 g/mol. The first-order valence-electron chi connectivity index (χ1n) is 9.97. The number of nitrogens with zero attached hydrogens (tertiary/aromatic N) is 1. The minimum absolute atomic E-state index is 0.0271. The Bertz CT molecular complexity index is 968. The van der Waals surface area contributed by atoms with Crippen LogP contribution in [0.5, 0.6) is 11.5 Å². The number of hydrogen-bond donors (Lipinski definition) is 3. The Morgan fingerprint density at radius 2 is 1.84 bits per heavy atom. The Morgan fingerprint density at radius 3 is 2.48 bits per heavy atom. The number of likely N-dealkylation sites (tertiary alicyclic amines) is 1. The summed E-state index contributed by atoms with van der Waals surface area (Å²) in [6.07, 6.45) is 0. The molecule has 8 heteroatoms. The molecule has 1 heterocycles. The standard InChI is InChI=1S/C23H25NO7/c1-2-31-18-8-6-15(7-9-18)21(27)19-20(16-4-3-5-17(26)14-16)24(23(29)22(19)28)10-12-30-13-11-25/h3-9,14,20,25-27H,2,10-13H2,1H3/t20-/m1/s1. The van der Waals surface area contributed by atoms with Gasteiger partial charge in [-0.1, -0.05) is 12.1 Å². The molecule has 0 spiro atoms. The number of aromatic hydroxyl groups is 1. The maximum Gasteiger partial charge on any atom is 0.295 e. The summed E-state index contributed by atoms with van der Waals surface area (Å²) in [7, 11) is 0. The number of ether oxygens (including phenoxy) is 2. The zero-order valence-electron chi connectivity index (χ0n) is 17.2. The van der Waals surface area contributed by atoms with Crippen molar-refractivity contribution < 1.29 is 34.4 Å². The lowest BCUT2D eigenvalue weighted by Crippen LogP contribution is -2.33. The number of ketones is 1. The van der Waals surface area contributed by atoms with Crippen molar-refractivity contribution in [2.75, 3.05) is 33.0 Å². The van der Waals surface area contributed by atoms with Crippen molar-refractivity contribution >= 4 is 17.4 Å². The maximum absolute atomic E-state index is 12.9. The van der Waals surface area contributed by atoms with Crippen LogP contribution in [0.3, 0.4) is 0 Å². The van der Waals surface area contributed by atoms with E-state index in [0.29, 0.717) is 23.5 Å². The number of rotatable bonds is 9. The van der Waals surface area contributed by atoms with Gasteiger partial charge < -0.3 is 29.7 Å². The number of carbonyl (C=O) groups excluding carboxylic acids is 2. The molecule has 1 aliphatic rings. The molecule has 0 radical (unpaired) electrons. The minimum Gasteiger partial charge on any atom is -0.508 e. The van der Waals surface area contributed by atoms with Crippen LogP contribution in [0.4, 0.5) is 0 Å². The van der Waals surface area contributed by atoms with E-state index < -0.39 is 17.7 Å². The van der Waals surface area contributed by atoms with Gasteiger partial charge in [-0.05, 0) is 48.9 Å². The van der Waals surface area contributed by atoms with E-state index in [4.69, 9.17) is 14.6 Å². The Balaban J connectivity index is 2.03. The molecule has 3 rings (SSSR count). The number of benzene rings is 2. The van der Waals surface area contributed by atoms with E-state index in [2.05, 4.69) is 0 Å². The molecule has 1 aliphatic heterocycles. The van der Waals surface area contributed by atoms with Crippen molar-refractivity contribution in [1.82, 2.24) is 4.90 Å². The fraction of sp³-hybridized carbons (Fsp3) is 0.304. The smallest absolute Gasteiger partial charge is 0.295 e. The molecule has 31 heavy (non-hydrogen) atoms. The first kappa shape index (κ1) is 22.3. The number of phenolic OH excluding ortho intramolecular Hbond substituents is 1. The van der Waals surface area contributed by atoms with Crippen LogP contribution in [0.1, 0.15) is 24.1 Å². The molecule has 1 fully saturated rings. The highest BCUT2D eigenvalue weighted by molar-refractivity contribution is 6.46. The van der Waals surface area contributed by atoms with Gasteiger partial charge >= 0.3 is 0 Å². The molecule has 164 valence electrons. The second kappa shape index (κ2) is 10.1. The van der Waals surface area contributed by atoms with Crippen molar-refractivity contribution in [3.8, 4) is 11.5 Å². The Kier molecular flexibility index (Phi) is 7.28. The fourth-order valence-corrected chi connectivity index (χ4v) is 3.51. The van der Waals surface area contributed by atoms with E-state index in [0.717, 1.165) is 0 Å². The normalized spacial score (nSPS) is 17.9. The molecule has 3 N–H and O–H groups in total. The lowest BCUT2D eigenvalue weighted by atomic mass is 9.95. The highest BCUT2D eigenvalue weighted by Gasteiger charge is 2.46. The van der Waals surface area contributed by atoms with E-state index in [-0.39, 0.29) is 43.4 Å². The highest BCUT2D eigenvalue weighted by atomic mass is 16.5. The number of aliphatic hydroxyl groups excluding tert-OH is 2. The largest absolute Gasteiger partial charge is 0.508 e. The van der Waals surface area contributed by atoms with Crippen LogP contribution in [0.25, 0.3) is 5.76 Å². The van der Waals surface area contributed by atoms with Gasteiger partial charge in [0.2, 0.25) is 0 Å². The summed E-state index contributed by atoms with van der Waals surface area (Å²) in [5, 5.41) is 29.8. The maximum atomic E-state index is 12.9. The molecule has 2 aromatic carbocycles. The highest BCUT2D eigenvalue weighted by Crippen LogP contribution is 2.40. The van der Waals surface area contributed by atoms with Crippen LogP contribution in [0, 0.1) is 0 Å². The van der Waals surface area contributed by atoms with Gasteiger partial charge in [-0.15, -0.1) is 0 Å². The summed E-state index contributed by atoms with van der Waals surface area (Å²) in [6.45, 7) is 2.47. The van der Waals surface area contributed by atoms with Gasteiger partial charge in [-0.2, -0.15) is 0 Å². The van der Waals surface area contributed by atoms with Gasteiger partial charge in [0, 0.05) is 12.1 Å². The number of aliphatic hydroxyl groups is 2. The van der Waals surface area contributed by atoms with Crippen molar-refractivity contribution in [2.45, 2.75) is 13.0 Å². The van der Waals surface area contributed by atoms with Crippen LogP contribution in [-0.4, -0.2) is 64.9 Å². The first-order valence-corrected chi connectivity index (χ1v) is 9.97. The van der Waals surface area contributed by atoms with Gasteiger partial charge in [-0.25, -0.2) is 0 Å². The third-order valence-electron chi connectivity index (χ3n) is 4.88. The van der Waals surface area contributed by atoms with Crippen LogP contribution in [0.15, 0.2) is 54.1 Å². The predicted molar refractivity (Wildman–Crippen MR) is 113 cm³/mol. The van der Waals surface area contributed by atoms with Crippen LogP contribution >= 0.6 is 0 Å². The lowest BCUT2D eigenvalue weighted by Gasteiger charge is -2.25. The van der Waals surface area contributed by atoms with E-state index in [9.17, 15) is 19.8 Å². The quantitative estimate of drug-likeness (QED) is 0.243. The molecular weight excluding hydrogens is 402 g/mol. The molecule has 0 saturated carbocycles.